The third-order valence-corrected chi connectivity index (χ3v) is 2.32. The van der Waals surface area contributed by atoms with Crippen LogP contribution >= 0.6 is 11.3 Å². The number of oxime groups is 1. The minimum Gasteiger partial charge on any atom is -0.411 e. The molecular formula is C8H11NOS. The summed E-state index contributed by atoms with van der Waals surface area (Å²) in [5.41, 5.74) is 0.764. The third-order valence-electron chi connectivity index (χ3n) is 1.43. The molecule has 1 aromatic heterocycles. The Morgan fingerprint density at radius 3 is 2.73 bits per heavy atom. The molecule has 0 bridgehead atoms. The Hall–Kier alpha value is -0.830. The van der Waals surface area contributed by atoms with Crippen molar-refractivity contribution in [3.63, 3.8) is 0 Å². The summed E-state index contributed by atoms with van der Waals surface area (Å²) in [6, 6.07) is 3.91. The van der Waals surface area contributed by atoms with Crippen LogP contribution in [0.15, 0.2) is 22.7 Å². The topological polar surface area (TPSA) is 32.6 Å². The zero-order chi connectivity index (χ0) is 8.27. The fourth-order valence-corrected chi connectivity index (χ4v) is 1.73. The molecule has 1 aromatic rings. The van der Waals surface area contributed by atoms with E-state index in [9.17, 15) is 0 Å². The van der Waals surface area contributed by atoms with Crippen molar-refractivity contribution in [3.05, 3.63) is 22.4 Å². The van der Waals surface area contributed by atoms with Crippen molar-refractivity contribution in [2.75, 3.05) is 0 Å². The van der Waals surface area contributed by atoms with Gasteiger partial charge in [0, 0.05) is 5.92 Å². The zero-order valence-electron chi connectivity index (χ0n) is 6.61. The molecule has 0 fully saturated rings. The van der Waals surface area contributed by atoms with Crippen LogP contribution < -0.4 is 0 Å². The molecule has 0 saturated heterocycles. The Labute approximate surface area is 70.2 Å². The van der Waals surface area contributed by atoms with Gasteiger partial charge in [-0.15, -0.1) is 11.3 Å². The van der Waals surface area contributed by atoms with Gasteiger partial charge < -0.3 is 5.21 Å². The number of hydrogen-bond donors (Lipinski definition) is 1. The minimum absolute atomic E-state index is 0.277. The molecule has 0 amide bonds. The van der Waals surface area contributed by atoms with Crippen molar-refractivity contribution in [2.45, 2.75) is 13.8 Å². The van der Waals surface area contributed by atoms with Gasteiger partial charge in [-0.3, -0.25) is 0 Å². The first-order chi connectivity index (χ1) is 5.25. The van der Waals surface area contributed by atoms with Gasteiger partial charge in [0.05, 0.1) is 10.6 Å². The van der Waals surface area contributed by atoms with E-state index in [0.717, 1.165) is 10.6 Å². The fraction of sp³-hybridized carbons (Fsp3) is 0.375. The summed E-state index contributed by atoms with van der Waals surface area (Å²) in [6.45, 7) is 4.02. The number of hydrogen-bond acceptors (Lipinski definition) is 3. The smallest absolute Gasteiger partial charge is 0.0992 e. The highest BCUT2D eigenvalue weighted by molar-refractivity contribution is 7.12. The first-order valence-corrected chi connectivity index (χ1v) is 4.39. The van der Waals surface area contributed by atoms with E-state index in [0.29, 0.717) is 0 Å². The number of rotatable bonds is 2. The Balaban J connectivity index is 2.90. The lowest BCUT2D eigenvalue weighted by Crippen LogP contribution is -2.06. The highest BCUT2D eigenvalue weighted by Crippen LogP contribution is 2.14. The summed E-state index contributed by atoms with van der Waals surface area (Å²) in [7, 11) is 0. The predicted octanol–water partition coefficient (Wildman–Crippen LogP) is 2.58. The summed E-state index contributed by atoms with van der Waals surface area (Å²) in [5.74, 6) is 0.277. The molecule has 1 heterocycles. The van der Waals surface area contributed by atoms with Crippen LogP contribution in [0.1, 0.15) is 18.7 Å². The molecule has 1 rings (SSSR count). The molecule has 11 heavy (non-hydrogen) atoms. The highest BCUT2D eigenvalue weighted by atomic mass is 32.1. The van der Waals surface area contributed by atoms with E-state index in [1.54, 1.807) is 11.3 Å². The summed E-state index contributed by atoms with van der Waals surface area (Å²) in [4.78, 5) is 1.04. The van der Waals surface area contributed by atoms with Gasteiger partial charge in [0.15, 0.2) is 0 Å². The van der Waals surface area contributed by atoms with E-state index >= 15 is 0 Å². The average Bonchev–Trinajstić information content (AvgIpc) is 2.40. The third kappa shape index (κ3) is 1.80. The first kappa shape index (κ1) is 8.27. The van der Waals surface area contributed by atoms with E-state index < -0.39 is 0 Å². The molecule has 60 valence electrons. The van der Waals surface area contributed by atoms with Gasteiger partial charge in [-0.25, -0.2) is 0 Å². The van der Waals surface area contributed by atoms with Gasteiger partial charge >= 0.3 is 0 Å². The summed E-state index contributed by atoms with van der Waals surface area (Å²) in [5, 5.41) is 13.9. The minimum atomic E-state index is 0.277. The Morgan fingerprint density at radius 2 is 2.36 bits per heavy atom. The maximum Gasteiger partial charge on any atom is 0.0992 e. The summed E-state index contributed by atoms with van der Waals surface area (Å²) in [6.07, 6.45) is 0. The molecule has 0 aliphatic rings. The second kappa shape index (κ2) is 3.53. The van der Waals surface area contributed by atoms with Crippen molar-refractivity contribution >= 4 is 17.0 Å². The Kier molecular flexibility index (Phi) is 2.65. The Bertz CT molecular complexity index is 239. The number of nitrogens with zero attached hydrogens (tertiary/aromatic N) is 1. The number of thiophene rings is 1. The molecule has 0 unspecified atom stereocenters. The van der Waals surface area contributed by atoms with E-state index in [4.69, 9.17) is 5.21 Å². The largest absolute Gasteiger partial charge is 0.411 e. The molecule has 2 nitrogen and oxygen atoms in total. The highest BCUT2D eigenvalue weighted by Gasteiger charge is 2.08. The normalized spacial score (nSPS) is 12.5. The van der Waals surface area contributed by atoms with Gasteiger partial charge in [0.1, 0.15) is 0 Å². The van der Waals surface area contributed by atoms with Crippen molar-refractivity contribution in [1.29, 1.82) is 0 Å². The monoisotopic (exact) mass is 169 g/mol. The van der Waals surface area contributed by atoms with Crippen LogP contribution in [0.3, 0.4) is 0 Å². The van der Waals surface area contributed by atoms with Crippen LogP contribution in [0.25, 0.3) is 0 Å². The molecule has 1 N–H and O–H groups in total. The SMILES string of the molecule is CC(C)C(=NO)c1cccs1. The van der Waals surface area contributed by atoms with E-state index in [1.807, 2.05) is 31.4 Å². The van der Waals surface area contributed by atoms with Gasteiger partial charge in [-0.05, 0) is 11.4 Å². The fourth-order valence-electron chi connectivity index (χ4n) is 0.874. The second-order valence-corrected chi connectivity index (χ2v) is 3.56. The van der Waals surface area contributed by atoms with E-state index in [1.165, 1.54) is 0 Å². The lowest BCUT2D eigenvalue weighted by Gasteiger charge is -2.03. The lowest BCUT2D eigenvalue weighted by molar-refractivity contribution is 0.316. The van der Waals surface area contributed by atoms with Crippen molar-refractivity contribution in [2.24, 2.45) is 11.1 Å². The molecule has 0 atom stereocenters. The molecule has 0 aliphatic heterocycles. The molecule has 0 spiro atoms. The second-order valence-electron chi connectivity index (χ2n) is 2.62. The van der Waals surface area contributed by atoms with Crippen LogP contribution in [0.5, 0.6) is 0 Å². The molecule has 0 aromatic carbocycles. The molecule has 3 heteroatoms. The van der Waals surface area contributed by atoms with Crippen molar-refractivity contribution < 1.29 is 5.21 Å². The first-order valence-electron chi connectivity index (χ1n) is 3.51. The van der Waals surface area contributed by atoms with Gasteiger partial charge in [-0.1, -0.05) is 25.1 Å². The van der Waals surface area contributed by atoms with Crippen LogP contribution in [0.4, 0.5) is 0 Å². The average molecular weight is 169 g/mol. The van der Waals surface area contributed by atoms with E-state index in [2.05, 4.69) is 5.16 Å². The Morgan fingerprint density at radius 1 is 1.64 bits per heavy atom. The predicted molar refractivity (Wildman–Crippen MR) is 47.5 cm³/mol. The van der Waals surface area contributed by atoms with Crippen LogP contribution in [-0.4, -0.2) is 10.9 Å². The molecule has 0 saturated carbocycles. The summed E-state index contributed by atoms with van der Waals surface area (Å²) < 4.78 is 0. The van der Waals surface area contributed by atoms with Gasteiger partial charge in [0.2, 0.25) is 0 Å². The van der Waals surface area contributed by atoms with Crippen LogP contribution in [0, 0.1) is 5.92 Å². The maximum atomic E-state index is 8.66. The van der Waals surface area contributed by atoms with Gasteiger partial charge in [0.25, 0.3) is 0 Å². The quantitative estimate of drug-likeness (QED) is 0.412. The van der Waals surface area contributed by atoms with Crippen molar-refractivity contribution in [3.8, 4) is 0 Å². The summed E-state index contributed by atoms with van der Waals surface area (Å²) >= 11 is 1.59. The van der Waals surface area contributed by atoms with Crippen molar-refractivity contribution in [1.82, 2.24) is 0 Å². The van der Waals surface area contributed by atoms with Crippen LogP contribution in [-0.2, 0) is 0 Å². The molecule has 0 aliphatic carbocycles. The molecule has 0 radical (unpaired) electrons. The molecular weight excluding hydrogens is 158 g/mol. The standard InChI is InChI=1S/C8H11NOS/c1-6(2)8(9-10)7-4-3-5-11-7/h3-6,10H,1-2H3. The van der Waals surface area contributed by atoms with E-state index in [-0.39, 0.29) is 5.92 Å². The maximum absolute atomic E-state index is 8.66. The van der Waals surface area contributed by atoms with Crippen LogP contribution in [0.2, 0.25) is 0 Å². The van der Waals surface area contributed by atoms with Gasteiger partial charge in [-0.2, -0.15) is 0 Å². The lowest BCUT2D eigenvalue weighted by atomic mass is 10.1. The zero-order valence-corrected chi connectivity index (χ0v) is 7.43.